The number of carbonyl (C=O) groups excluding carboxylic acids is 1. The molecule has 0 radical (unpaired) electrons. The first-order valence-electron chi connectivity index (χ1n) is 11.5. The first kappa shape index (κ1) is 22.2. The summed E-state index contributed by atoms with van der Waals surface area (Å²) in [6.45, 7) is 5.23. The second kappa shape index (κ2) is 10.1. The summed E-state index contributed by atoms with van der Waals surface area (Å²) in [6, 6.07) is 28.6. The number of aromatic nitrogens is 3. The van der Waals surface area contributed by atoms with Crippen LogP contribution in [0.15, 0.2) is 90.1 Å². The van der Waals surface area contributed by atoms with Gasteiger partial charge in [0.25, 0.3) is 0 Å². The van der Waals surface area contributed by atoms with E-state index < -0.39 is 0 Å². The Labute approximate surface area is 204 Å². The highest BCUT2D eigenvalue weighted by atomic mass is 32.2. The van der Waals surface area contributed by atoms with E-state index in [9.17, 15) is 4.79 Å². The molecule has 5 rings (SSSR count). The number of anilines is 1. The number of para-hydroxylation sites is 2. The molecule has 1 aromatic heterocycles. The minimum Gasteiger partial charge on any atom is -0.368 e. The summed E-state index contributed by atoms with van der Waals surface area (Å²) >= 11 is 1.45. The van der Waals surface area contributed by atoms with E-state index in [2.05, 4.69) is 58.4 Å². The standard InChI is InChI=1S/C27H27N5OS/c1-21-10-8-9-15-24(21)26-28-29-27(32(26)23-13-6-3-7-14-23)34-20-25(33)31-18-16-30(17-19-31)22-11-4-2-5-12-22/h2-15H,16-20H2,1H3. The van der Waals surface area contributed by atoms with Crippen molar-refractivity contribution in [2.45, 2.75) is 12.1 Å². The molecule has 3 aromatic carbocycles. The fourth-order valence-corrected chi connectivity index (χ4v) is 5.10. The van der Waals surface area contributed by atoms with Gasteiger partial charge >= 0.3 is 0 Å². The normalized spacial score (nSPS) is 13.8. The Bertz CT molecular complexity index is 1250. The molecule has 6 nitrogen and oxygen atoms in total. The maximum absolute atomic E-state index is 13.0. The SMILES string of the molecule is Cc1ccccc1-c1nnc(SCC(=O)N2CCN(c3ccccc3)CC2)n1-c1ccccc1. The van der Waals surface area contributed by atoms with Gasteiger partial charge in [-0.25, -0.2) is 0 Å². The number of hydrogen-bond donors (Lipinski definition) is 0. The molecule has 34 heavy (non-hydrogen) atoms. The monoisotopic (exact) mass is 469 g/mol. The lowest BCUT2D eigenvalue weighted by molar-refractivity contribution is -0.128. The molecule has 0 bridgehead atoms. The minimum absolute atomic E-state index is 0.137. The van der Waals surface area contributed by atoms with Crippen molar-refractivity contribution in [2.24, 2.45) is 0 Å². The number of nitrogens with zero attached hydrogens (tertiary/aromatic N) is 5. The Morgan fingerprint density at radius 2 is 1.41 bits per heavy atom. The van der Waals surface area contributed by atoms with Crippen LogP contribution in [0.2, 0.25) is 0 Å². The second-order valence-corrected chi connectivity index (χ2v) is 9.23. The van der Waals surface area contributed by atoms with Gasteiger partial charge < -0.3 is 9.80 Å². The van der Waals surface area contributed by atoms with Crippen molar-refractivity contribution in [2.75, 3.05) is 36.8 Å². The fourth-order valence-electron chi connectivity index (χ4n) is 4.24. The lowest BCUT2D eigenvalue weighted by atomic mass is 10.1. The number of amides is 1. The van der Waals surface area contributed by atoms with Gasteiger partial charge in [0.05, 0.1) is 5.75 Å². The molecule has 172 valence electrons. The van der Waals surface area contributed by atoms with Crippen LogP contribution in [-0.2, 0) is 4.79 Å². The Kier molecular flexibility index (Phi) is 6.62. The van der Waals surface area contributed by atoms with Crippen molar-refractivity contribution in [1.29, 1.82) is 0 Å². The van der Waals surface area contributed by atoms with Crippen molar-refractivity contribution in [3.05, 3.63) is 90.5 Å². The quantitative estimate of drug-likeness (QED) is 0.384. The van der Waals surface area contributed by atoms with Crippen LogP contribution in [-0.4, -0.2) is 57.5 Å². The van der Waals surface area contributed by atoms with Gasteiger partial charge in [0, 0.05) is 43.1 Å². The molecule has 0 unspecified atom stereocenters. The number of rotatable bonds is 6. The Morgan fingerprint density at radius 3 is 2.09 bits per heavy atom. The topological polar surface area (TPSA) is 54.3 Å². The van der Waals surface area contributed by atoms with Gasteiger partial charge in [-0.05, 0) is 36.8 Å². The first-order chi connectivity index (χ1) is 16.7. The van der Waals surface area contributed by atoms with Crippen LogP contribution in [0.5, 0.6) is 0 Å². The molecule has 4 aromatic rings. The molecule has 2 heterocycles. The Balaban J connectivity index is 1.30. The molecule has 1 amide bonds. The van der Waals surface area contributed by atoms with Crippen LogP contribution in [0.4, 0.5) is 5.69 Å². The summed E-state index contributed by atoms with van der Waals surface area (Å²) in [5, 5.41) is 9.72. The van der Waals surface area contributed by atoms with Crippen LogP contribution in [0.25, 0.3) is 17.1 Å². The van der Waals surface area contributed by atoms with E-state index in [0.29, 0.717) is 5.75 Å². The van der Waals surface area contributed by atoms with Gasteiger partial charge in [0.1, 0.15) is 0 Å². The highest BCUT2D eigenvalue weighted by molar-refractivity contribution is 7.99. The Hall–Kier alpha value is -3.58. The number of benzene rings is 3. The van der Waals surface area contributed by atoms with E-state index >= 15 is 0 Å². The van der Waals surface area contributed by atoms with Gasteiger partial charge in [-0.2, -0.15) is 0 Å². The molecule has 0 saturated carbocycles. The van der Waals surface area contributed by atoms with Crippen molar-refractivity contribution >= 4 is 23.4 Å². The third-order valence-electron chi connectivity index (χ3n) is 6.11. The zero-order valence-electron chi connectivity index (χ0n) is 19.2. The van der Waals surface area contributed by atoms with Crippen molar-refractivity contribution in [3.63, 3.8) is 0 Å². The predicted molar refractivity (Wildman–Crippen MR) is 137 cm³/mol. The van der Waals surface area contributed by atoms with E-state index in [1.165, 1.54) is 17.4 Å². The molecule has 0 aliphatic carbocycles. The third-order valence-corrected chi connectivity index (χ3v) is 7.03. The van der Waals surface area contributed by atoms with Gasteiger partial charge in [0.15, 0.2) is 11.0 Å². The summed E-state index contributed by atoms with van der Waals surface area (Å²) in [7, 11) is 0. The molecular formula is C27H27N5OS. The molecule has 0 atom stereocenters. The predicted octanol–water partition coefficient (Wildman–Crippen LogP) is 4.68. The van der Waals surface area contributed by atoms with Crippen molar-refractivity contribution < 1.29 is 4.79 Å². The van der Waals surface area contributed by atoms with Gasteiger partial charge in [-0.1, -0.05) is 72.4 Å². The van der Waals surface area contributed by atoms with Crippen molar-refractivity contribution in [1.82, 2.24) is 19.7 Å². The van der Waals surface area contributed by atoms with Crippen LogP contribution in [0.1, 0.15) is 5.56 Å². The van der Waals surface area contributed by atoms with E-state index in [1.54, 1.807) is 0 Å². The Morgan fingerprint density at radius 1 is 0.794 bits per heavy atom. The zero-order valence-corrected chi connectivity index (χ0v) is 20.0. The fraction of sp³-hybridized carbons (Fsp3) is 0.222. The molecule has 1 aliphatic rings. The molecule has 0 spiro atoms. The average molecular weight is 470 g/mol. The second-order valence-electron chi connectivity index (χ2n) is 8.28. The lowest BCUT2D eigenvalue weighted by Crippen LogP contribution is -2.49. The number of carbonyl (C=O) groups is 1. The van der Waals surface area contributed by atoms with Crippen LogP contribution < -0.4 is 4.90 Å². The smallest absolute Gasteiger partial charge is 0.233 e. The van der Waals surface area contributed by atoms with E-state index in [-0.39, 0.29) is 5.91 Å². The van der Waals surface area contributed by atoms with E-state index in [1.807, 2.05) is 58.0 Å². The van der Waals surface area contributed by atoms with Gasteiger partial charge in [-0.15, -0.1) is 10.2 Å². The molecular weight excluding hydrogens is 442 g/mol. The number of piperazine rings is 1. The highest BCUT2D eigenvalue weighted by Gasteiger charge is 2.23. The molecule has 1 fully saturated rings. The molecule has 0 N–H and O–H groups in total. The minimum atomic E-state index is 0.137. The number of thioether (sulfide) groups is 1. The van der Waals surface area contributed by atoms with Gasteiger partial charge in [0.2, 0.25) is 5.91 Å². The average Bonchev–Trinajstić information content (AvgIpc) is 3.32. The summed E-state index contributed by atoms with van der Waals surface area (Å²) < 4.78 is 2.05. The maximum Gasteiger partial charge on any atom is 0.233 e. The third kappa shape index (κ3) is 4.70. The van der Waals surface area contributed by atoms with Crippen LogP contribution in [0.3, 0.4) is 0 Å². The largest absolute Gasteiger partial charge is 0.368 e. The maximum atomic E-state index is 13.0. The van der Waals surface area contributed by atoms with Gasteiger partial charge in [-0.3, -0.25) is 9.36 Å². The molecule has 1 saturated heterocycles. The number of aryl methyl sites for hydroxylation is 1. The van der Waals surface area contributed by atoms with Crippen LogP contribution >= 0.6 is 11.8 Å². The highest BCUT2D eigenvalue weighted by Crippen LogP contribution is 2.30. The summed E-state index contributed by atoms with van der Waals surface area (Å²) in [6.07, 6.45) is 0. The number of hydrogen-bond acceptors (Lipinski definition) is 5. The molecule has 7 heteroatoms. The summed E-state index contributed by atoms with van der Waals surface area (Å²) in [4.78, 5) is 17.3. The summed E-state index contributed by atoms with van der Waals surface area (Å²) in [5.74, 6) is 1.26. The zero-order chi connectivity index (χ0) is 23.3. The van der Waals surface area contributed by atoms with E-state index in [4.69, 9.17) is 0 Å². The summed E-state index contributed by atoms with van der Waals surface area (Å²) in [5.41, 5.74) is 4.37. The van der Waals surface area contributed by atoms with Crippen molar-refractivity contribution in [3.8, 4) is 17.1 Å². The first-order valence-corrected chi connectivity index (χ1v) is 12.5. The van der Waals surface area contributed by atoms with Crippen LogP contribution in [0, 0.1) is 6.92 Å². The lowest BCUT2D eigenvalue weighted by Gasteiger charge is -2.36. The van der Waals surface area contributed by atoms with E-state index in [0.717, 1.165) is 54.0 Å². The molecule has 1 aliphatic heterocycles.